The minimum absolute atomic E-state index is 0.0198. The van der Waals surface area contributed by atoms with Gasteiger partial charge in [-0.15, -0.1) is 0 Å². The van der Waals surface area contributed by atoms with E-state index in [9.17, 15) is 4.79 Å². The maximum Gasteiger partial charge on any atom is 0.165 e. The molecule has 2 unspecified atom stereocenters. The summed E-state index contributed by atoms with van der Waals surface area (Å²) in [5, 5.41) is 1.17. The third-order valence-corrected chi connectivity index (χ3v) is 6.18. The van der Waals surface area contributed by atoms with Crippen LogP contribution in [0.5, 0.6) is 0 Å². The molecule has 0 saturated carbocycles. The van der Waals surface area contributed by atoms with Gasteiger partial charge >= 0.3 is 0 Å². The summed E-state index contributed by atoms with van der Waals surface area (Å²) in [6.45, 7) is 6.38. The number of carbonyl (C=O) groups is 1. The number of benzene rings is 1. The van der Waals surface area contributed by atoms with Crippen LogP contribution in [0.25, 0.3) is 10.9 Å². The van der Waals surface area contributed by atoms with Crippen LogP contribution in [-0.2, 0) is 0 Å². The fourth-order valence-electron chi connectivity index (χ4n) is 4.76. The Hall–Kier alpha value is -1.81. The number of hydrogen-bond donors (Lipinski definition) is 1. The lowest BCUT2D eigenvalue weighted by Gasteiger charge is -2.42. The van der Waals surface area contributed by atoms with Crippen LogP contribution in [-0.4, -0.2) is 34.5 Å². The van der Waals surface area contributed by atoms with Crippen LogP contribution >= 0.6 is 0 Å². The second-order valence-electron chi connectivity index (χ2n) is 8.15. The van der Waals surface area contributed by atoms with Crippen molar-refractivity contribution in [2.24, 2.45) is 5.92 Å². The number of rotatable bonds is 3. The molecule has 0 amide bonds. The Morgan fingerprint density at radius 2 is 2.04 bits per heavy atom. The van der Waals surface area contributed by atoms with E-state index in [-0.39, 0.29) is 11.7 Å². The van der Waals surface area contributed by atoms with Crippen molar-refractivity contribution in [3.05, 3.63) is 35.5 Å². The van der Waals surface area contributed by atoms with Crippen LogP contribution in [0.15, 0.2) is 24.4 Å². The van der Waals surface area contributed by atoms with Crippen LogP contribution in [0, 0.1) is 5.92 Å². The van der Waals surface area contributed by atoms with Crippen molar-refractivity contribution >= 4 is 16.7 Å². The van der Waals surface area contributed by atoms with Crippen molar-refractivity contribution in [1.29, 1.82) is 0 Å². The summed E-state index contributed by atoms with van der Waals surface area (Å²) in [6.07, 6.45) is 8.55. The molecule has 2 aromatic rings. The van der Waals surface area contributed by atoms with E-state index in [4.69, 9.17) is 5.84 Å². The van der Waals surface area contributed by atoms with Gasteiger partial charge in [0.2, 0.25) is 0 Å². The number of nitrogens with two attached hydrogens (primary N) is 1. The molecule has 1 aromatic carbocycles. The largest absolute Gasteiger partial charge is 0.339 e. The van der Waals surface area contributed by atoms with Crippen LogP contribution in [0.1, 0.15) is 67.8 Å². The van der Waals surface area contributed by atoms with Crippen molar-refractivity contribution in [3.63, 3.8) is 0 Å². The van der Waals surface area contributed by atoms with Gasteiger partial charge in [-0.3, -0.25) is 9.47 Å². The molecule has 2 N–H and O–H groups in total. The van der Waals surface area contributed by atoms with E-state index in [1.54, 1.807) is 4.68 Å². The molecule has 1 aromatic heterocycles. The van der Waals surface area contributed by atoms with Crippen molar-refractivity contribution in [2.45, 2.75) is 57.9 Å². The van der Waals surface area contributed by atoms with Gasteiger partial charge in [0.05, 0.1) is 5.52 Å². The minimum atomic E-state index is 0.0198. The lowest BCUT2D eigenvalue weighted by Crippen LogP contribution is -2.44. The predicted molar refractivity (Wildman–Crippen MR) is 102 cm³/mol. The molecule has 0 spiro atoms. The van der Waals surface area contributed by atoms with E-state index in [2.05, 4.69) is 17.2 Å². The predicted octanol–water partition coefficient (Wildman–Crippen LogP) is 3.93. The van der Waals surface area contributed by atoms with Crippen LogP contribution in [0.2, 0.25) is 0 Å². The SMILES string of the molecule is CC(C)C(=O)c1ccc2c(c1)c(C1CCN3CCCCC3C1)cn2N. The summed E-state index contributed by atoms with van der Waals surface area (Å²) >= 11 is 0. The monoisotopic (exact) mass is 339 g/mol. The van der Waals surface area contributed by atoms with E-state index in [0.29, 0.717) is 5.92 Å². The maximum atomic E-state index is 12.4. The molecule has 2 saturated heterocycles. The number of piperidine rings is 2. The number of nitrogens with zero attached hydrogens (tertiary/aromatic N) is 2. The van der Waals surface area contributed by atoms with Gasteiger partial charge in [-0.05, 0) is 68.5 Å². The van der Waals surface area contributed by atoms with E-state index < -0.39 is 0 Å². The van der Waals surface area contributed by atoms with Gasteiger partial charge in [-0.1, -0.05) is 20.3 Å². The standard InChI is InChI=1S/C21H29N3O/c1-14(2)21(25)16-6-7-20-18(12-16)19(13-24(20)22)15-8-10-23-9-4-3-5-17(23)11-15/h6-7,12-15,17H,3-5,8-11,22H2,1-2H3. The van der Waals surface area contributed by atoms with Gasteiger partial charge in [0.15, 0.2) is 5.78 Å². The summed E-state index contributed by atoms with van der Waals surface area (Å²) in [7, 11) is 0. The molecule has 0 bridgehead atoms. The molecule has 2 aliphatic heterocycles. The Morgan fingerprint density at radius 3 is 2.84 bits per heavy atom. The lowest BCUT2D eigenvalue weighted by molar-refractivity contribution is 0.0939. The highest BCUT2D eigenvalue weighted by Gasteiger charge is 2.32. The molecule has 0 radical (unpaired) electrons. The number of Topliss-reactive ketones (excluding diaryl/α,β-unsaturated/α-hetero) is 1. The van der Waals surface area contributed by atoms with Crippen LogP contribution < -0.4 is 5.84 Å². The fourth-order valence-corrected chi connectivity index (χ4v) is 4.76. The van der Waals surface area contributed by atoms with Crippen molar-refractivity contribution in [3.8, 4) is 0 Å². The molecule has 0 aliphatic carbocycles. The summed E-state index contributed by atoms with van der Waals surface area (Å²) in [5.74, 6) is 7.00. The topological polar surface area (TPSA) is 51.3 Å². The van der Waals surface area contributed by atoms with E-state index in [0.717, 1.165) is 17.1 Å². The van der Waals surface area contributed by atoms with Gasteiger partial charge in [0, 0.05) is 29.1 Å². The quantitative estimate of drug-likeness (QED) is 0.681. The second kappa shape index (κ2) is 6.49. The number of ketones is 1. The lowest BCUT2D eigenvalue weighted by atomic mass is 9.82. The first-order valence-electron chi connectivity index (χ1n) is 9.73. The Kier molecular flexibility index (Phi) is 4.32. The molecule has 2 atom stereocenters. The van der Waals surface area contributed by atoms with Gasteiger partial charge in [-0.2, -0.15) is 0 Å². The van der Waals surface area contributed by atoms with Gasteiger partial charge in [0.25, 0.3) is 0 Å². The second-order valence-corrected chi connectivity index (χ2v) is 8.15. The molecule has 134 valence electrons. The van der Waals surface area contributed by atoms with Gasteiger partial charge in [-0.25, -0.2) is 0 Å². The molecular formula is C21H29N3O. The molecule has 25 heavy (non-hydrogen) atoms. The number of fused-ring (bicyclic) bond motifs is 2. The Morgan fingerprint density at radius 1 is 1.20 bits per heavy atom. The maximum absolute atomic E-state index is 12.4. The molecule has 2 fully saturated rings. The summed E-state index contributed by atoms with van der Waals surface area (Å²) < 4.78 is 1.74. The molecule has 4 rings (SSSR count). The highest BCUT2D eigenvalue weighted by Crippen LogP contribution is 2.39. The summed E-state index contributed by atoms with van der Waals surface area (Å²) in [5.41, 5.74) is 3.17. The molecular weight excluding hydrogens is 310 g/mol. The first-order valence-corrected chi connectivity index (χ1v) is 9.73. The van der Waals surface area contributed by atoms with E-state index in [1.807, 2.05) is 26.0 Å². The third-order valence-electron chi connectivity index (χ3n) is 6.18. The fraction of sp³-hybridized carbons (Fsp3) is 0.571. The zero-order valence-electron chi connectivity index (χ0n) is 15.4. The number of aromatic nitrogens is 1. The van der Waals surface area contributed by atoms with Crippen LogP contribution in [0.3, 0.4) is 0 Å². The van der Waals surface area contributed by atoms with Crippen molar-refractivity contribution in [2.75, 3.05) is 18.9 Å². The highest BCUT2D eigenvalue weighted by atomic mass is 16.1. The molecule has 4 heteroatoms. The summed E-state index contributed by atoms with van der Waals surface area (Å²) in [6, 6.07) is 6.72. The number of hydrogen-bond acceptors (Lipinski definition) is 3. The van der Waals surface area contributed by atoms with E-state index >= 15 is 0 Å². The Bertz CT molecular complexity index is 792. The van der Waals surface area contributed by atoms with Gasteiger partial charge < -0.3 is 10.7 Å². The molecule has 4 nitrogen and oxygen atoms in total. The first-order chi connectivity index (χ1) is 12.0. The Labute approximate surface area is 149 Å². The third kappa shape index (κ3) is 2.97. The average molecular weight is 339 g/mol. The summed E-state index contributed by atoms with van der Waals surface area (Å²) in [4.78, 5) is 15.1. The smallest absolute Gasteiger partial charge is 0.165 e. The van der Waals surface area contributed by atoms with Crippen molar-refractivity contribution in [1.82, 2.24) is 9.58 Å². The zero-order chi connectivity index (χ0) is 17.6. The van der Waals surface area contributed by atoms with E-state index in [1.165, 1.54) is 56.1 Å². The zero-order valence-corrected chi connectivity index (χ0v) is 15.4. The first kappa shape index (κ1) is 16.6. The Balaban J connectivity index is 1.69. The van der Waals surface area contributed by atoms with Crippen molar-refractivity contribution < 1.29 is 4.79 Å². The number of nitrogen functional groups attached to an aromatic ring is 1. The number of carbonyl (C=O) groups excluding carboxylic acids is 1. The molecule has 2 aliphatic rings. The highest BCUT2D eigenvalue weighted by molar-refractivity contribution is 6.01. The van der Waals surface area contributed by atoms with Gasteiger partial charge in [0.1, 0.15) is 0 Å². The normalized spacial score (nSPS) is 24.6. The average Bonchev–Trinajstić information content (AvgIpc) is 2.96. The molecule has 3 heterocycles. The minimum Gasteiger partial charge on any atom is -0.339 e. The van der Waals surface area contributed by atoms with Crippen LogP contribution in [0.4, 0.5) is 0 Å².